The van der Waals surface area contributed by atoms with E-state index >= 15 is 0 Å². The van der Waals surface area contributed by atoms with Crippen LogP contribution in [0.3, 0.4) is 0 Å². The molecule has 100 valence electrons. The van der Waals surface area contributed by atoms with Crippen molar-refractivity contribution in [2.75, 3.05) is 0 Å². The molecule has 0 spiro atoms. The van der Waals surface area contributed by atoms with Crippen LogP contribution in [0.1, 0.15) is 22.4 Å². The van der Waals surface area contributed by atoms with Crippen LogP contribution in [0.5, 0.6) is 0 Å². The van der Waals surface area contributed by atoms with E-state index < -0.39 is 0 Å². The van der Waals surface area contributed by atoms with Crippen molar-refractivity contribution in [1.82, 2.24) is 14.8 Å². The van der Waals surface area contributed by atoms with E-state index in [0.717, 1.165) is 5.56 Å². The third-order valence-electron chi connectivity index (χ3n) is 3.21. The van der Waals surface area contributed by atoms with Crippen molar-refractivity contribution >= 4 is 0 Å². The SMILES string of the molecule is Cc1c(C)c(=O)n(Cc2cccnc2CN)[nH]c1=O. The molecule has 6 nitrogen and oxygen atoms in total. The molecule has 0 fully saturated rings. The average molecular weight is 260 g/mol. The van der Waals surface area contributed by atoms with Gasteiger partial charge < -0.3 is 5.73 Å². The number of hydrogen-bond acceptors (Lipinski definition) is 4. The molecule has 0 saturated heterocycles. The quantitative estimate of drug-likeness (QED) is 0.815. The lowest BCUT2D eigenvalue weighted by Gasteiger charge is -2.10. The molecule has 2 rings (SSSR count). The number of rotatable bonds is 3. The molecule has 0 aliphatic heterocycles. The van der Waals surface area contributed by atoms with Gasteiger partial charge in [-0.05, 0) is 25.5 Å². The van der Waals surface area contributed by atoms with Crippen LogP contribution in [0.15, 0.2) is 27.9 Å². The van der Waals surface area contributed by atoms with E-state index in [4.69, 9.17) is 5.73 Å². The molecule has 0 radical (unpaired) electrons. The first-order chi connectivity index (χ1) is 9.04. The molecule has 0 atom stereocenters. The number of aromatic amines is 1. The Balaban J connectivity index is 2.50. The topological polar surface area (TPSA) is 93.8 Å². The van der Waals surface area contributed by atoms with Gasteiger partial charge in [-0.3, -0.25) is 19.7 Å². The summed E-state index contributed by atoms with van der Waals surface area (Å²) in [7, 11) is 0. The first kappa shape index (κ1) is 13.2. The molecule has 2 aromatic heterocycles. The zero-order chi connectivity index (χ0) is 14.0. The molecular weight excluding hydrogens is 244 g/mol. The fourth-order valence-electron chi connectivity index (χ4n) is 1.87. The van der Waals surface area contributed by atoms with Crippen molar-refractivity contribution in [3.05, 3.63) is 61.4 Å². The second-order valence-electron chi connectivity index (χ2n) is 4.40. The molecule has 2 aromatic rings. The van der Waals surface area contributed by atoms with Crippen LogP contribution in [0.4, 0.5) is 0 Å². The predicted octanol–water partition coefficient (Wildman–Crippen LogP) is 0.0554. The maximum absolute atomic E-state index is 12.1. The molecular formula is C13H16N4O2. The monoisotopic (exact) mass is 260 g/mol. The number of nitrogens with zero attached hydrogens (tertiary/aromatic N) is 2. The van der Waals surface area contributed by atoms with Gasteiger partial charge in [0.1, 0.15) is 0 Å². The van der Waals surface area contributed by atoms with Gasteiger partial charge in [0.2, 0.25) is 0 Å². The largest absolute Gasteiger partial charge is 0.325 e. The summed E-state index contributed by atoms with van der Waals surface area (Å²) in [5, 5.41) is 2.56. The number of pyridine rings is 1. The van der Waals surface area contributed by atoms with Gasteiger partial charge in [-0.25, -0.2) is 4.68 Å². The molecule has 0 aromatic carbocycles. The number of hydrogen-bond donors (Lipinski definition) is 2. The Bertz CT molecular complexity index is 715. The van der Waals surface area contributed by atoms with Gasteiger partial charge in [0.05, 0.1) is 12.2 Å². The third kappa shape index (κ3) is 2.48. The Morgan fingerprint density at radius 2 is 2.05 bits per heavy atom. The molecule has 6 heteroatoms. The zero-order valence-electron chi connectivity index (χ0n) is 10.9. The van der Waals surface area contributed by atoms with Crippen LogP contribution in [0, 0.1) is 13.8 Å². The summed E-state index contributed by atoms with van der Waals surface area (Å²) in [6.07, 6.45) is 1.65. The van der Waals surface area contributed by atoms with E-state index in [1.807, 2.05) is 6.07 Å². The molecule has 0 unspecified atom stereocenters. The minimum absolute atomic E-state index is 0.205. The molecule has 19 heavy (non-hydrogen) atoms. The third-order valence-corrected chi connectivity index (χ3v) is 3.21. The first-order valence-corrected chi connectivity index (χ1v) is 5.97. The first-order valence-electron chi connectivity index (χ1n) is 5.97. The Labute approximate surface area is 109 Å². The van der Waals surface area contributed by atoms with Crippen molar-refractivity contribution in [2.24, 2.45) is 5.73 Å². The van der Waals surface area contributed by atoms with Gasteiger partial charge in [0.25, 0.3) is 11.1 Å². The summed E-state index contributed by atoms with van der Waals surface area (Å²) in [5.74, 6) is 0. The van der Waals surface area contributed by atoms with Gasteiger partial charge in [0.15, 0.2) is 0 Å². The van der Waals surface area contributed by atoms with E-state index in [0.29, 0.717) is 23.4 Å². The average Bonchev–Trinajstić information content (AvgIpc) is 2.43. The van der Waals surface area contributed by atoms with Crippen molar-refractivity contribution < 1.29 is 0 Å². The van der Waals surface area contributed by atoms with Gasteiger partial charge in [0, 0.05) is 23.9 Å². The predicted molar refractivity (Wildman–Crippen MR) is 72.0 cm³/mol. The highest BCUT2D eigenvalue weighted by Gasteiger charge is 2.09. The van der Waals surface area contributed by atoms with Gasteiger partial charge in [-0.15, -0.1) is 0 Å². The van der Waals surface area contributed by atoms with E-state index in [9.17, 15) is 9.59 Å². The Morgan fingerprint density at radius 1 is 1.32 bits per heavy atom. The van der Waals surface area contributed by atoms with E-state index in [1.165, 1.54) is 4.68 Å². The zero-order valence-corrected chi connectivity index (χ0v) is 10.9. The van der Waals surface area contributed by atoms with Crippen LogP contribution >= 0.6 is 0 Å². The molecule has 0 saturated carbocycles. The van der Waals surface area contributed by atoms with Crippen LogP contribution in [-0.2, 0) is 13.1 Å². The van der Waals surface area contributed by atoms with Gasteiger partial charge >= 0.3 is 0 Å². The number of nitrogens with two attached hydrogens (primary N) is 1. The Morgan fingerprint density at radius 3 is 2.74 bits per heavy atom. The van der Waals surface area contributed by atoms with Crippen LogP contribution < -0.4 is 16.9 Å². The highest BCUT2D eigenvalue weighted by atomic mass is 16.2. The number of nitrogens with one attached hydrogen (secondary N) is 1. The van der Waals surface area contributed by atoms with Gasteiger partial charge in [-0.2, -0.15) is 0 Å². The normalized spacial score (nSPS) is 10.7. The molecule has 0 amide bonds. The van der Waals surface area contributed by atoms with Crippen LogP contribution in [0.2, 0.25) is 0 Å². The van der Waals surface area contributed by atoms with Crippen LogP contribution in [0.25, 0.3) is 0 Å². The van der Waals surface area contributed by atoms with Crippen molar-refractivity contribution in [1.29, 1.82) is 0 Å². The maximum atomic E-state index is 12.1. The highest BCUT2D eigenvalue weighted by molar-refractivity contribution is 5.21. The number of H-pyrrole nitrogens is 1. The number of aromatic nitrogens is 3. The lowest BCUT2D eigenvalue weighted by atomic mass is 10.2. The Hall–Kier alpha value is -2.21. The highest BCUT2D eigenvalue weighted by Crippen LogP contribution is 2.05. The molecule has 0 bridgehead atoms. The van der Waals surface area contributed by atoms with Gasteiger partial charge in [-0.1, -0.05) is 6.07 Å². The van der Waals surface area contributed by atoms with Crippen molar-refractivity contribution in [2.45, 2.75) is 26.9 Å². The maximum Gasteiger partial charge on any atom is 0.268 e. The molecule has 0 aliphatic carbocycles. The second kappa shape index (κ2) is 5.19. The second-order valence-corrected chi connectivity index (χ2v) is 4.40. The smallest absolute Gasteiger partial charge is 0.268 e. The summed E-state index contributed by atoms with van der Waals surface area (Å²) in [6.45, 7) is 3.83. The fourth-order valence-corrected chi connectivity index (χ4v) is 1.87. The summed E-state index contributed by atoms with van der Waals surface area (Å²) >= 11 is 0. The Kier molecular flexibility index (Phi) is 3.62. The van der Waals surface area contributed by atoms with Crippen LogP contribution in [-0.4, -0.2) is 14.8 Å². The summed E-state index contributed by atoms with van der Waals surface area (Å²) in [4.78, 5) is 27.9. The summed E-state index contributed by atoms with van der Waals surface area (Å²) in [6, 6.07) is 3.62. The fraction of sp³-hybridized carbons (Fsp3) is 0.308. The minimum atomic E-state index is -0.254. The molecule has 2 heterocycles. The molecule has 3 N–H and O–H groups in total. The summed E-state index contributed by atoms with van der Waals surface area (Å²) in [5.41, 5.74) is 7.60. The summed E-state index contributed by atoms with van der Waals surface area (Å²) < 4.78 is 1.29. The van der Waals surface area contributed by atoms with Crippen molar-refractivity contribution in [3.63, 3.8) is 0 Å². The van der Waals surface area contributed by atoms with E-state index in [2.05, 4.69) is 10.1 Å². The minimum Gasteiger partial charge on any atom is -0.325 e. The van der Waals surface area contributed by atoms with Crippen molar-refractivity contribution in [3.8, 4) is 0 Å². The standard InChI is InChI=1S/C13H16N4O2/c1-8-9(2)13(19)17(16-12(8)18)7-10-4-3-5-15-11(10)6-14/h3-5H,6-7,14H2,1-2H3,(H,16,18). The van der Waals surface area contributed by atoms with E-state index in [1.54, 1.807) is 26.1 Å². The molecule has 0 aliphatic rings. The lowest BCUT2D eigenvalue weighted by molar-refractivity contribution is 0.612. The van der Waals surface area contributed by atoms with E-state index in [-0.39, 0.29) is 17.7 Å². The lowest BCUT2D eigenvalue weighted by Crippen LogP contribution is -2.33.